The van der Waals surface area contributed by atoms with Gasteiger partial charge in [0.1, 0.15) is 0 Å². The normalized spacial score (nSPS) is 10.7. The Kier molecular flexibility index (Phi) is 5.54. The topological polar surface area (TPSA) is 12.9 Å². The van der Waals surface area contributed by atoms with E-state index in [4.69, 9.17) is 0 Å². The highest BCUT2D eigenvalue weighted by Crippen LogP contribution is 2.24. The zero-order valence-electron chi connectivity index (χ0n) is 16.3. The molecule has 0 unspecified atom stereocenters. The van der Waals surface area contributed by atoms with E-state index >= 15 is 0 Å². The minimum absolute atomic E-state index is 0.0341. The molecule has 4 heteroatoms. The highest BCUT2D eigenvalue weighted by atomic mass is 19.2. The van der Waals surface area contributed by atoms with Crippen LogP contribution in [0, 0.1) is 36.2 Å². The van der Waals surface area contributed by atoms with Crippen molar-refractivity contribution in [2.24, 2.45) is 0 Å². The van der Waals surface area contributed by atoms with Crippen molar-refractivity contribution in [2.45, 2.75) is 19.8 Å². The molecule has 0 aliphatic rings. The number of pyridine rings is 1. The van der Waals surface area contributed by atoms with Crippen molar-refractivity contribution in [1.29, 1.82) is 0 Å². The molecular weight excluding hydrogens is 383 g/mol. The lowest BCUT2D eigenvalue weighted by molar-refractivity contribution is 0.453. The van der Waals surface area contributed by atoms with E-state index in [1.807, 2.05) is 43.5 Å². The van der Waals surface area contributed by atoms with Gasteiger partial charge in [-0.1, -0.05) is 36.1 Å². The zero-order chi connectivity index (χ0) is 21.1. The highest BCUT2D eigenvalue weighted by molar-refractivity contribution is 5.84. The van der Waals surface area contributed by atoms with Gasteiger partial charge in [-0.15, -0.1) is 0 Å². The van der Waals surface area contributed by atoms with Crippen LogP contribution in [0.1, 0.15) is 27.9 Å². The first-order valence-corrected chi connectivity index (χ1v) is 9.59. The molecule has 30 heavy (non-hydrogen) atoms. The maximum absolute atomic E-state index is 13.8. The third-order valence-corrected chi connectivity index (χ3v) is 4.92. The average Bonchev–Trinajstić information content (AvgIpc) is 2.76. The lowest BCUT2D eigenvalue weighted by Gasteiger charge is -2.03. The third-order valence-electron chi connectivity index (χ3n) is 4.92. The fraction of sp³-hybridized carbons (Fsp3) is 0.115. The summed E-state index contributed by atoms with van der Waals surface area (Å²) in [6, 6.07) is 17.6. The molecule has 0 aliphatic carbocycles. The van der Waals surface area contributed by atoms with Gasteiger partial charge in [0.15, 0.2) is 17.5 Å². The summed E-state index contributed by atoms with van der Waals surface area (Å²) in [6.45, 7) is 2.02. The van der Waals surface area contributed by atoms with Crippen LogP contribution < -0.4 is 0 Å². The molecule has 0 saturated heterocycles. The molecule has 0 spiro atoms. The molecule has 1 nitrogen and oxygen atoms in total. The Hall–Kier alpha value is -3.58. The molecule has 148 valence electrons. The number of aromatic nitrogens is 1. The van der Waals surface area contributed by atoms with Gasteiger partial charge in [-0.05, 0) is 72.7 Å². The maximum Gasteiger partial charge on any atom is 0.195 e. The Morgan fingerprint density at radius 1 is 0.767 bits per heavy atom. The Morgan fingerprint density at radius 3 is 2.23 bits per heavy atom. The van der Waals surface area contributed by atoms with E-state index in [-0.39, 0.29) is 10.8 Å². The number of benzene rings is 3. The second-order valence-electron chi connectivity index (χ2n) is 7.20. The number of rotatable bonds is 3. The molecule has 0 bridgehead atoms. The monoisotopic (exact) mass is 401 g/mol. The number of hydrogen-bond acceptors (Lipinski definition) is 1. The molecule has 0 fully saturated rings. The third kappa shape index (κ3) is 4.36. The number of aryl methyl sites for hydroxylation is 3. The summed E-state index contributed by atoms with van der Waals surface area (Å²) in [7, 11) is 0. The van der Waals surface area contributed by atoms with Gasteiger partial charge in [0, 0.05) is 28.4 Å². The lowest BCUT2D eigenvalue weighted by Crippen LogP contribution is -1.94. The standard InChI is InChI=1S/C26H18F3N/c1-17-2-11-22(30-16-17)12-9-19-5-3-18(4-6-19)7-8-20-10-13-23-21(14-20)15-24(27)26(29)25(23)28/h2-6,10-11,13-16H,9,12H2,1H3. The summed E-state index contributed by atoms with van der Waals surface area (Å²) in [5.41, 5.74) is 4.84. The molecular formula is C26H18F3N. The predicted octanol–water partition coefficient (Wildman–Crippen LogP) is 6.15. The van der Waals surface area contributed by atoms with Crippen LogP contribution in [0.5, 0.6) is 0 Å². The summed E-state index contributed by atoms with van der Waals surface area (Å²) in [4.78, 5) is 4.42. The van der Waals surface area contributed by atoms with Gasteiger partial charge in [0.05, 0.1) is 0 Å². The molecule has 0 amide bonds. The maximum atomic E-state index is 13.8. The van der Waals surface area contributed by atoms with E-state index in [9.17, 15) is 13.2 Å². The van der Waals surface area contributed by atoms with Crippen LogP contribution in [0.25, 0.3) is 10.8 Å². The largest absolute Gasteiger partial charge is 0.261 e. The van der Waals surface area contributed by atoms with Crippen molar-refractivity contribution in [3.63, 3.8) is 0 Å². The molecule has 0 N–H and O–H groups in total. The van der Waals surface area contributed by atoms with Gasteiger partial charge in [-0.3, -0.25) is 4.98 Å². The van der Waals surface area contributed by atoms with Crippen molar-refractivity contribution >= 4 is 10.8 Å². The lowest BCUT2D eigenvalue weighted by atomic mass is 10.0. The van der Waals surface area contributed by atoms with Gasteiger partial charge >= 0.3 is 0 Å². The van der Waals surface area contributed by atoms with E-state index in [2.05, 4.69) is 22.9 Å². The first-order chi connectivity index (χ1) is 14.5. The zero-order valence-corrected chi connectivity index (χ0v) is 16.3. The fourth-order valence-electron chi connectivity index (χ4n) is 3.20. The van der Waals surface area contributed by atoms with Crippen molar-refractivity contribution < 1.29 is 13.2 Å². The Labute approximate surface area is 173 Å². The molecule has 1 aromatic heterocycles. The molecule has 0 radical (unpaired) electrons. The number of fused-ring (bicyclic) bond motifs is 1. The molecule has 3 aromatic carbocycles. The fourth-order valence-corrected chi connectivity index (χ4v) is 3.20. The van der Waals surface area contributed by atoms with Crippen LogP contribution >= 0.6 is 0 Å². The smallest absolute Gasteiger partial charge is 0.195 e. The highest BCUT2D eigenvalue weighted by Gasteiger charge is 2.13. The van der Waals surface area contributed by atoms with E-state index in [1.165, 1.54) is 11.6 Å². The second kappa shape index (κ2) is 8.42. The minimum atomic E-state index is -1.46. The van der Waals surface area contributed by atoms with Crippen LogP contribution in [-0.2, 0) is 12.8 Å². The second-order valence-corrected chi connectivity index (χ2v) is 7.20. The van der Waals surface area contributed by atoms with Crippen LogP contribution in [-0.4, -0.2) is 4.98 Å². The number of nitrogens with zero attached hydrogens (tertiary/aromatic N) is 1. The van der Waals surface area contributed by atoms with Crippen LogP contribution in [0.3, 0.4) is 0 Å². The summed E-state index contributed by atoms with van der Waals surface area (Å²) in [5, 5.41) is 0.310. The van der Waals surface area contributed by atoms with Crippen molar-refractivity contribution in [1.82, 2.24) is 4.98 Å². The molecule has 4 aromatic rings. The van der Waals surface area contributed by atoms with Crippen molar-refractivity contribution in [3.05, 3.63) is 112 Å². The van der Waals surface area contributed by atoms with Gasteiger partial charge in [-0.25, -0.2) is 13.2 Å². The summed E-state index contributed by atoms with van der Waals surface area (Å²) in [6.07, 6.45) is 3.64. The van der Waals surface area contributed by atoms with E-state index in [1.54, 1.807) is 12.1 Å². The Bertz CT molecular complexity index is 1260. The first-order valence-electron chi connectivity index (χ1n) is 9.59. The van der Waals surface area contributed by atoms with E-state index < -0.39 is 17.5 Å². The molecule has 4 rings (SSSR count). The van der Waals surface area contributed by atoms with E-state index in [0.29, 0.717) is 5.56 Å². The predicted molar refractivity (Wildman–Crippen MR) is 113 cm³/mol. The molecule has 1 heterocycles. The Morgan fingerprint density at radius 2 is 1.50 bits per heavy atom. The van der Waals surface area contributed by atoms with Gasteiger partial charge in [0.25, 0.3) is 0 Å². The van der Waals surface area contributed by atoms with Crippen LogP contribution in [0.4, 0.5) is 13.2 Å². The number of halogens is 3. The van der Waals surface area contributed by atoms with Gasteiger partial charge in [-0.2, -0.15) is 0 Å². The number of hydrogen-bond donors (Lipinski definition) is 0. The SMILES string of the molecule is Cc1ccc(CCc2ccc(C#Cc3ccc4c(F)c(F)c(F)cc4c3)cc2)nc1. The van der Waals surface area contributed by atoms with Crippen LogP contribution in [0.2, 0.25) is 0 Å². The molecule has 0 saturated carbocycles. The van der Waals surface area contributed by atoms with Crippen LogP contribution in [0.15, 0.2) is 66.9 Å². The van der Waals surface area contributed by atoms with Gasteiger partial charge < -0.3 is 0 Å². The van der Waals surface area contributed by atoms with Crippen molar-refractivity contribution in [3.8, 4) is 11.8 Å². The summed E-state index contributed by atoms with van der Waals surface area (Å²) < 4.78 is 40.6. The molecule has 0 aliphatic heterocycles. The van der Waals surface area contributed by atoms with Gasteiger partial charge in [0.2, 0.25) is 0 Å². The van der Waals surface area contributed by atoms with Crippen molar-refractivity contribution in [2.75, 3.05) is 0 Å². The summed E-state index contributed by atoms with van der Waals surface area (Å²) >= 11 is 0. The Balaban J connectivity index is 1.47. The quantitative estimate of drug-likeness (QED) is 0.297. The van der Waals surface area contributed by atoms with E-state index in [0.717, 1.165) is 35.7 Å². The molecule has 0 atom stereocenters. The summed E-state index contributed by atoms with van der Waals surface area (Å²) in [5.74, 6) is 2.19. The average molecular weight is 401 g/mol. The first kappa shape index (κ1) is 19.7. The minimum Gasteiger partial charge on any atom is -0.261 e.